The Morgan fingerprint density at radius 2 is 1.60 bits per heavy atom. The van der Waals surface area contributed by atoms with Crippen LogP contribution in [0.1, 0.15) is 30.5 Å². The average Bonchev–Trinajstić information content (AvgIpc) is 2.61. The zero-order chi connectivity index (χ0) is 17.5. The van der Waals surface area contributed by atoms with Crippen molar-refractivity contribution in [1.29, 1.82) is 5.41 Å². The van der Waals surface area contributed by atoms with Crippen molar-refractivity contribution in [1.82, 2.24) is 4.90 Å². The van der Waals surface area contributed by atoms with Gasteiger partial charge in [-0.25, -0.2) is 0 Å². The van der Waals surface area contributed by atoms with Crippen LogP contribution in [0, 0.1) is 5.41 Å². The van der Waals surface area contributed by atoms with Crippen molar-refractivity contribution in [2.24, 2.45) is 0 Å². The lowest BCUT2D eigenvalue weighted by Gasteiger charge is -2.44. The molecule has 132 valence electrons. The first-order valence-corrected chi connectivity index (χ1v) is 8.93. The fraction of sp³-hybridized carbons (Fsp3) is 0.381. The van der Waals surface area contributed by atoms with Gasteiger partial charge in [0.05, 0.1) is 25.4 Å². The van der Waals surface area contributed by atoms with E-state index in [1.807, 2.05) is 6.92 Å². The smallest absolute Gasteiger partial charge is 0.182 e. The van der Waals surface area contributed by atoms with Gasteiger partial charge < -0.3 is 9.47 Å². The molecule has 1 heterocycles. The minimum Gasteiger partial charge on any atom is -0.481 e. The predicted molar refractivity (Wildman–Crippen MR) is 100 cm³/mol. The lowest BCUT2D eigenvalue weighted by atomic mass is 9.94. The Hall–Kier alpha value is -2.17. The first-order chi connectivity index (χ1) is 12.3. The van der Waals surface area contributed by atoms with Gasteiger partial charge in [-0.05, 0) is 18.1 Å². The van der Waals surface area contributed by atoms with Crippen molar-refractivity contribution < 1.29 is 9.47 Å². The van der Waals surface area contributed by atoms with Crippen LogP contribution in [0.3, 0.4) is 0 Å². The summed E-state index contributed by atoms with van der Waals surface area (Å²) in [6.07, 6.45) is 0.787. The molecular formula is C21H26N2O2. The van der Waals surface area contributed by atoms with E-state index in [4.69, 9.17) is 14.9 Å². The van der Waals surface area contributed by atoms with Gasteiger partial charge in [0.15, 0.2) is 5.90 Å². The standard InChI is InChI=1S/C21H26N2O2/c1-2-24-20(22)13-14-25-19-15-23(16-19)21(17-9-5-3-6-10-17)18-11-7-4-8-12-18/h3-12,19,21-22H,2,13-16H2,1H3. The number of likely N-dealkylation sites (tertiary alicyclic amines) is 1. The lowest BCUT2D eigenvalue weighted by molar-refractivity contribution is -0.0649. The molecule has 4 nitrogen and oxygen atoms in total. The summed E-state index contributed by atoms with van der Waals surface area (Å²) in [5.41, 5.74) is 2.62. The molecule has 1 aliphatic heterocycles. The third-order valence-electron chi connectivity index (χ3n) is 4.47. The highest BCUT2D eigenvalue weighted by molar-refractivity contribution is 5.72. The largest absolute Gasteiger partial charge is 0.481 e. The normalized spacial score (nSPS) is 15.1. The SMILES string of the molecule is CCOC(=N)CCOC1CN(C(c2ccccc2)c2ccccc2)C1. The third kappa shape index (κ3) is 4.68. The molecule has 0 bridgehead atoms. The van der Waals surface area contributed by atoms with Gasteiger partial charge in [-0.1, -0.05) is 60.7 Å². The summed E-state index contributed by atoms with van der Waals surface area (Å²) in [7, 11) is 0. The van der Waals surface area contributed by atoms with Crippen molar-refractivity contribution in [3.63, 3.8) is 0 Å². The maximum atomic E-state index is 7.63. The summed E-state index contributed by atoms with van der Waals surface area (Å²) in [6, 6.07) is 21.5. The van der Waals surface area contributed by atoms with E-state index in [2.05, 4.69) is 65.6 Å². The van der Waals surface area contributed by atoms with Crippen molar-refractivity contribution in [2.75, 3.05) is 26.3 Å². The number of nitrogens with zero attached hydrogens (tertiary/aromatic N) is 1. The van der Waals surface area contributed by atoms with Gasteiger partial charge in [0.1, 0.15) is 0 Å². The van der Waals surface area contributed by atoms with Crippen LogP contribution >= 0.6 is 0 Å². The first kappa shape index (κ1) is 17.6. The molecule has 3 rings (SSSR count). The Morgan fingerprint density at radius 1 is 1.04 bits per heavy atom. The van der Waals surface area contributed by atoms with Gasteiger partial charge in [-0.2, -0.15) is 0 Å². The zero-order valence-electron chi connectivity index (χ0n) is 14.7. The van der Waals surface area contributed by atoms with E-state index in [1.54, 1.807) is 0 Å². The summed E-state index contributed by atoms with van der Waals surface area (Å²) in [5, 5.41) is 7.63. The number of hydrogen-bond donors (Lipinski definition) is 1. The van der Waals surface area contributed by atoms with Crippen molar-refractivity contribution in [3.05, 3.63) is 71.8 Å². The van der Waals surface area contributed by atoms with Crippen LogP contribution in [0.15, 0.2) is 60.7 Å². The van der Waals surface area contributed by atoms with Crippen molar-refractivity contribution in [2.45, 2.75) is 25.5 Å². The van der Waals surface area contributed by atoms with Gasteiger partial charge in [0.2, 0.25) is 0 Å². The summed E-state index contributed by atoms with van der Waals surface area (Å²) < 4.78 is 11.0. The number of benzene rings is 2. The van der Waals surface area contributed by atoms with Gasteiger partial charge in [0.25, 0.3) is 0 Å². The molecule has 1 fully saturated rings. The molecule has 0 unspecified atom stereocenters. The van der Waals surface area contributed by atoms with Crippen molar-refractivity contribution >= 4 is 5.90 Å². The second kappa shape index (κ2) is 8.79. The molecule has 4 heteroatoms. The van der Waals surface area contributed by atoms with Crippen LogP contribution in [0.2, 0.25) is 0 Å². The second-order valence-electron chi connectivity index (χ2n) is 6.28. The zero-order valence-corrected chi connectivity index (χ0v) is 14.7. The van der Waals surface area contributed by atoms with Crippen molar-refractivity contribution in [3.8, 4) is 0 Å². The summed E-state index contributed by atoms with van der Waals surface area (Å²) in [4.78, 5) is 2.45. The maximum absolute atomic E-state index is 7.63. The Balaban J connectivity index is 1.57. The van der Waals surface area contributed by atoms with E-state index in [-0.39, 0.29) is 12.1 Å². The second-order valence-corrected chi connectivity index (χ2v) is 6.28. The molecule has 1 aliphatic rings. The van der Waals surface area contributed by atoms with E-state index >= 15 is 0 Å². The fourth-order valence-corrected chi connectivity index (χ4v) is 3.24. The van der Waals surface area contributed by atoms with E-state index < -0.39 is 0 Å². The average molecular weight is 338 g/mol. The van der Waals surface area contributed by atoms with Crippen LogP contribution in [0.5, 0.6) is 0 Å². The molecule has 0 radical (unpaired) electrons. The molecule has 2 aromatic carbocycles. The maximum Gasteiger partial charge on any atom is 0.182 e. The Morgan fingerprint density at radius 3 is 2.12 bits per heavy atom. The number of rotatable bonds is 8. The molecule has 25 heavy (non-hydrogen) atoms. The molecule has 1 N–H and O–H groups in total. The number of nitrogens with one attached hydrogen (secondary N) is 1. The lowest BCUT2D eigenvalue weighted by Crippen LogP contribution is -2.53. The Bertz CT molecular complexity index is 615. The van der Waals surface area contributed by atoms with Gasteiger partial charge >= 0.3 is 0 Å². The molecule has 0 amide bonds. The van der Waals surface area contributed by atoms with E-state index in [0.29, 0.717) is 25.5 Å². The van der Waals surface area contributed by atoms with Crippen LogP contribution in [0.4, 0.5) is 0 Å². The first-order valence-electron chi connectivity index (χ1n) is 8.93. The highest BCUT2D eigenvalue weighted by Crippen LogP contribution is 2.32. The summed E-state index contributed by atoms with van der Waals surface area (Å²) in [5.74, 6) is 0.310. The minimum absolute atomic E-state index is 0.240. The molecule has 0 saturated carbocycles. The molecule has 0 aromatic heterocycles. The monoisotopic (exact) mass is 338 g/mol. The van der Waals surface area contributed by atoms with E-state index in [9.17, 15) is 0 Å². The van der Waals surface area contributed by atoms with Gasteiger partial charge in [-0.3, -0.25) is 10.3 Å². The van der Waals surface area contributed by atoms with Gasteiger partial charge in [-0.15, -0.1) is 0 Å². The topological polar surface area (TPSA) is 45.6 Å². The summed E-state index contributed by atoms with van der Waals surface area (Å²) >= 11 is 0. The molecular weight excluding hydrogens is 312 g/mol. The predicted octanol–water partition coefficient (Wildman–Crippen LogP) is 3.88. The quantitative estimate of drug-likeness (QED) is 0.587. The van der Waals surface area contributed by atoms with E-state index in [1.165, 1.54) is 11.1 Å². The molecule has 0 aliphatic carbocycles. The minimum atomic E-state index is 0.240. The van der Waals surface area contributed by atoms with Crippen LogP contribution < -0.4 is 0 Å². The van der Waals surface area contributed by atoms with Gasteiger partial charge in [0, 0.05) is 19.5 Å². The molecule has 0 atom stereocenters. The van der Waals surface area contributed by atoms with Crippen LogP contribution in [-0.2, 0) is 9.47 Å². The molecule has 0 spiro atoms. The number of ether oxygens (including phenoxy) is 2. The van der Waals surface area contributed by atoms with E-state index in [0.717, 1.165) is 13.1 Å². The van der Waals surface area contributed by atoms with Crippen LogP contribution in [0.25, 0.3) is 0 Å². The Kier molecular flexibility index (Phi) is 6.20. The Labute approximate surface area is 149 Å². The highest BCUT2D eigenvalue weighted by atomic mass is 16.5. The van der Waals surface area contributed by atoms with Crippen LogP contribution in [-0.4, -0.2) is 43.2 Å². The summed E-state index contributed by atoms with van der Waals surface area (Å²) in [6.45, 7) is 4.82. The molecule has 1 saturated heterocycles. The number of hydrogen-bond acceptors (Lipinski definition) is 4. The highest BCUT2D eigenvalue weighted by Gasteiger charge is 2.34. The third-order valence-corrected chi connectivity index (χ3v) is 4.47. The fourth-order valence-electron chi connectivity index (χ4n) is 3.24. The molecule has 2 aromatic rings.